The Hall–Kier alpha value is -0.750. The van der Waals surface area contributed by atoms with Crippen molar-refractivity contribution < 1.29 is 0 Å². The lowest BCUT2D eigenvalue weighted by atomic mass is 10.2. The van der Waals surface area contributed by atoms with Crippen molar-refractivity contribution in [3.8, 4) is 11.8 Å². The van der Waals surface area contributed by atoms with Crippen molar-refractivity contribution in [3.05, 3.63) is 18.0 Å². The Morgan fingerprint density at radius 1 is 1.62 bits per heavy atom. The normalized spacial score (nSPS) is 9.85. The summed E-state index contributed by atoms with van der Waals surface area (Å²) in [6.07, 6.45) is 3.79. The Morgan fingerprint density at radius 2 is 2.38 bits per heavy atom. The number of alkyl halides is 1. The van der Waals surface area contributed by atoms with E-state index in [2.05, 4.69) is 46.7 Å². The molecule has 0 saturated carbocycles. The molecule has 13 heavy (non-hydrogen) atoms. The maximum Gasteiger partial charge on any atom is 0.0649 e. The van der Waals surface area contributed by atoms with E-state index in [1.54, 1.807) is 6.20 Å². The van der Waals surface area contributed by atoms with E-state index in [4.69, 9.17) is 0 Å². The highest BCUT2D eigenvalue weighted by Gasteiger charge is 1.97. The minimum Gasteiger partial charge on any atom is -0.271 e. The summed E-state index contributed by atoms with van der Waals surface area (Å²) in [5, 5.41) is 4.92. The van der Waals surface area contributed by atoms with E-state index < -0.39 is 0 Å². The third-order valence-corrected chi connectivity index (χ3v) is 1.77. The zero-order chi connectivity index (χ0) is 9.68. The Labute approximate surface area is 87.5 Å². The molecule has 0 aliphatic heterocycles. The zero-order valence-corrected chi connectivity index (χ0v) is 9.50. The Morgan fingerprint density at radius 3 is 3.00 bits per heavy atom. The Kier molecular flexibility index (Phi) is 4.04. The third kappa shape index (κ3) is 3.65. The second-order valence-corrected chi connectivity index (χ2v) is 3.84. The van der Waals surface area contributed by atoms with Gasteiger partial charge in [0, 0.05) is 12.7 Å². The molecule has 3 heteroatoms. The van der Waals surface area contributed by atoms with Crippen LogP contribution in [0.25, 0.3) is 0 Å². The molecular formula is C10H13BrN2. The summed E-state index contributed by atoms with van der Waals surface area (Å²) in [5.74, 6) is 6.57. The quantitative estimate of drug-likeness (QED) is 0.573. The lowest BCUT2D eigenvalue weighted by Crippen LogP contribution is -2.03. The first-order valence-corrected chi connectivity index (χ1v) is 5.42. The van der Waals surface area contributed by atoms with Crippen LogP contribution in [0.2, 0.25) is 0 Å². The lowest BCUT2D eigenvalue weighted by molar-refractivity contribution is 0.483. The summed E-state index contributed by atoms with van der Waals surface area (Å²) in [7, 11) is 0. The molecule has 1 aromatic rings. The minimum atomic E-state index is 0.622. The van der Waals surface area contributed by atoms with Crippen LogP contribution in [0, 0.1) is 17.8 Å². The molecule has 0 aromatic carbocycles. The van der Waals surface area contributed by atoms with Crippen molar-refractivity contribution in [2.24, 2.45) is 5.92 Å². The van der Waals surface area contributed by atoms with Gasteiger partial charge in [0.05, 0.1) is 17.1 Å². The molecule has 1 rings (SSSR count). The van der Waals surface area contributed by atoms with E-state index in [-0.39, 0.29) is 0 Å². The van der Waals surface area contributed by atoms with Crippen LogP contribution in [0.5, 0.6) is 0 Å². The summed E-state index contributed by atoms with van der Waals surface area (Å²) >= 11 is 3.25. The van der Waals surface area contributed by atoms with Crippen LogP contribution in [0.1, 0.15) is 19.4 Å². The first kappa shape index (κ1) is 10.3. The number of hydrogen-bond acceptors (Lipinski definition) is 1. The Balaban J connectivity index is 2.63. The molecular weight excluding hydrogens is 228 g/mol. The predicted molar refractivity (Wildman–Crippen MR) is 57.7 cm³/mol. The van der Waals surface area contributed by atoms with Crippen molar-refractivity contribution in [3.63, 3.8) is 0 Å². The van der Waals surface area contributed by atoms with Crippen molar-refractivity contribution in [2.75, 3.05) is 5.33 Å². The number of rotatable bonds is 2. The number of hydrogen-bond donors (Lipinski definition) is 0. The maximum atomic E-state index is 4.21. The largest absolute Gasteiger partial charge is 0.271 e. The molecule has 0 radical (unpaired) electrons. The summed E-state index contributed by atoms with van der Waals surface area (Å²) in [4.78, 5) is 0. The molecule has 0 saturated heterocycles. The van der Waals surface area contributed by atoms with Gasteiger partial charge in [-0.1, -0.05) is 41.6 Å². The third-order valence-electron chi connectivity index (χ3n) is 1.48. The molecule has 2 nitrogen and oxygen atoms in total. The van der Waals surface area contributed by atoms with Crippen LogP contribution >= 0.6 is 15.9 Å². The van der Waals surface area contributed by atoms with E-state index in [9.17, 15) is 0 Å². The van der Waals surface area contributed by atoms with E-state index in [1.807, 2.05) is 10.9 Å². The van der Waals surface area contributed by atoms with Crippen molar-refractivity contribution in [2.45, 2.75) is 20.4 Å². The highest BCUT2D eigenvalue weighted by molar-refractivity contribution is 9.09. The van der Waals surface area contributed by atoms with Crippen LogP contribution in [0.4, 0.5) is 0 Å². The second kappa shape index (κ2) is 5.08. The Bertz CT molecular complexity index is 317. The first-order valence-electron chi connectivity index (χ1n) is 4.29. The molecule has 0 spiro atoms. The lowest BCUT2D eigenvalue weighted by Gasteiger charge is -2.02. The number of halogens is 1. The molecule has 0 aliphatic rings. The number of nitrogens with zero attached hydrogens (tertiary/aromatic N) is 2. The topological polar surface area (TPSA) is 17.8 Å². The van der Waals surface area contributed by atoms with Gasteiger partial charge in [0.25, 0.3) is 0 Å². The van der Waals surface area contributed by atoms with Gasteiger partial charge in [-0.25, -0.2) is 0 Å². The van der Waals surface area contributed by atoms with E-state index in [1.165, 1.54) is 0 Å². The van der Waals surface area contributed by atoms with E-state index in [0.29, 0.717) is 11.2 Å². The molecule has 0 aliphatic carbocycles. The van der Waals surface area contributed by atoms with Crippen LogP contribution in [0.3, 0.4) is 0 Å². The monoisotopic (exact) mass is 240 g/mol. The molecule has 0 atom stereocenters. The van der Waals surface area contributed by atoms with E-state index >= 15 is 0 Å². The highest BCUT2D eigenvalue weighted by Crippen LogP contribution is 2.00. The zero-order valence-electron chi connectivity index (χ0n) is 7.92. The molecule has 70 valence electrons. The molecule has 0 N–H and O–H groups in total. The van der Waals surface area contributed by atoms with Gasteiger partial charge in [0.1, 0.15) is 0 Å². The van der Waals surface area contributed by atoms with Crippen molar-refractivity contribution in [1.82, 2.24) is 9.78 Å². The van der Waals surface area contributed by atoms with Crippen molar-refractivity contribution >= 4 is 15.9 Å². The summed E-state index contributed by atoms with van der Waals surface area (Å²) in [6.45, 7) is 5.30. The highest BCUT2D eigenvalue weighted by atomic mass is 79.9. The van der Waals surface area contributed by atoms with Gasteiger partial charge < -0.3 is 0 Å². The van der Waals surface area contributed by atoms with Crippen LogP contribution in [-0.2, 0) is 6.54 Å². The summed E-state index contributed by atoms with van der Waals surface area (Å²) in [6, 6.07) is 0. The van der Waals surface area contributed by atoms with Gasteiger partial charge in [0.2, 0.25) is 0 Å². The van der Waals surface area contributed by atoms with Gasteiger partial charge in [0.15, 0.2) is 0 Å². The first-order chi connectivity index (χ1) is 6.22. The van der Waals surface area contributed by atoms with Crippen LogP contribution in [0.15, 0.2) is 12.4 Å². The molecule has 1 aromatic heterocycles. The van der Waals surface area contributed by atoms with Gasteiger partial charge in [-0.05, 0) is 5.92 Å². The molecule has 0 unspecified atom stereocenters. The molecule has 0 amide bonds. The standard InChI is InChI=1S/C10H13BrN2/c1-9(2)7-13-8-10(6-12-13)4-3-5-11/h6,8-9H,5,7H2,1-2H3. The van der Waals surface area contributed by atoms with Gasteiger partial charge in [-0.2, -0.15) is 5.10 Å². The second-order valence-electron chi connectivity index (χ2n) is 3.28. The summed E-state index contributed by atoms with van der Waals surface area (Å²) in [5.41, 5.74) is 0.986. The maximum absolute atomic E-state index is 4.21. The van der Waals surface area contributed by atoms with Crippen LogP contribution in [-0.4, -0.2) is 15.1 Å². The van der Waals surface area contributed by atoms with Crippen molar-refractivity contribution in [1.29, 1.82) is 0 Å². The molecule has 0 bridgehead atoms. The minimum absolute atomic E-state index is 0.622. The van der Waals surface area contributed by atoms with Crippen LogP contribution < -0.4 is 0 Å². The average molecular weight is 241 g/mol. The average Bonchev–Trinajstić information content (AvgIpc) is 2.48. The fraction of sp³-hybridized carbons (Fsp3) is 0.500. The van der Waals surface area contributed by atoms with Gasteiger partial charge in [-0.3, -0.25) is 4.68 Å². The van der Waals surface area contributed by atoms with Gasteiger partial charge >= 0.3 is 0 Å². The molecule has 1 heterocycles. The smallest absolute Gasteiger partial charge is 0.0649 e. The molecule has 0 fully saturated rings. The predicted octanol–water partition coefficient (Wildman–Crippen LogP) is 2.29. The fourth-order valence-corrected chi connectivity index (χ4v) is 1.18. The van der Waals surface area contributed by atoms with Gasteiger partial charge in [-0.15, -0.1) is 0 Å². The number of aromatic nitrogens is 2. The fourth-order valence-electron chi connectivity index (χ4n) is 1.04. The summed E-state index contributed by atoms with van der Waals surface area (Å²) < 4.78 is 1.93. The SMILES string of the molecule is CC(C)Cn1cc(C#CCBr)cn1. The van der Waals surface area contributed by atoms with E-state index in [0.717, 1.165) is 12.1 Å².